The first-order valence-corrected chi connectivity index (χ1v) is 11.2. The van der Waals surface area contributed by atoms with E-state index in [2.05, 4.69) is 29.2 Å². The molecule has 3 aliphatic rings. The number of carbonyl (C=O) groups is 2. The van der Waals surface area contributed by atoms with Crippen LogP contribution in [0.3, 0.4) is 0 Å². The quantitative estimate of drug-likeness (QED) is 0.811. The van der Waals surface area contributed by atoms with E-state index in [0.717, 1.165) is 32.2 Å². The van der Waals surface area contributed by atoms with E-state index in [9.17, 15) is 14.7 Å². The van der Waals surface area contributed by atoms with Crippen LogP contribution in [0.2, 0.25) is 0 Å². The summed E-state index contributed by atoms with van der Waals surface area (Å²) in [5.41, 5.74) is 4.87. The number of piperidine rings is 1. The van der Waals surface area contributed by atoms with Crippen molar-refractivity contribution >= 4 is 12.1 Å². The van der Waals surface area contributed by atoms with Crippen molar-refractivity contribution in [3.63, 3.8) is 0 Å². The Morgan fingerprint density at radius 2 is 1.52 bits per heavy atom. The third-order valence-corrected chi connectivity index (χ3v) is 7.11. The first kappa shape index (κ1) is 20.1. The average molecular weight is 421 g/mol. The molecule has 2 aliphatic heterocycles. The van der Waals surface area contributed by atoms with E-state index in [4.69, 9.17) is 4.74 Å². The Bertz CT molecular complexity index is 937. The third-order valence-electron chi connectivity index (χ3n) is 7.11. The molecule has 1 atom stereocenters. The molecule has 1 N–H and O–H groups in total. The van der Waals surface area contributed by atoms with Crippen LogP contribution in [0.4, 0.5) is 4.79 Å². The summed E-state index contributed by atoms with van der Waals surface area (Å²) in [6.07, 6.45) is 2.99. The van der Waals surface area contributed by atoms with Crippen LogP contribution >= 0.6 is 0 Å². The van der Waals surface area contributed by atoms with Crippen LogP contribution in [0.1, 0.15) is 42.7 Å². The van der Waals surface area contributed by atoms with Crippen LogP contribution in [0.25, 0.3) is 11.1 Å². The molecule has 2 aromatic carbocycles. The molecule has 1 amide bonds. The van der Waals surface area contributed by atoms with Crippen molar-refractivity contribution in [2.24, 2.45) is 0 Å². The second-order valence-electron chi connectivity index (χ2n) is 8.76. The fraction of sp³-hybridized carbons (Fsp3) is 0.440. The molecule has 1 aliphatic carbocycles. The summed E-state index contributed by atoms with van der Waals surface area (Å²) >= 11 is 0. The molecule has 0 radical (unpaired) electrons. The molecule has 1 unspecified atom stereocenters. The topological polar surface area (TPSA) is 70.1 Å². The number of hydrogen-bond donors (Lipinski definition) is 1. The van der Waals surface area contributed by atoms with Gasteiger partial charge in [0.1, 0.15) is 12.6 Å². The first-order chi connectivity index (χ1) is 15.1. The molecule has 162 valence electrons. The summed E-state index contributed by atoms with van der Waals surface area (Å²) in [5.74, 6) is -0.661. The Morgan fingerprint density at radius 1 is 0.903 bits per heavy atom. The molecule has 2 aromatic rings. The number of carboxylic acids is 1. The minimum absolute atomic E-state index is 0.0646. The Morgan fingerprint density at radius 3 is 2.13 bits per heavy atom. The van der Waals surface area contributed by atoms with Gasteiger partial charge in [0.05, 0.1) is 0 Å². The summed E-state index contributed by atoms with van der Waals surface area (Å²) < 4.78 is 5.78. The molecule has 6 nitrogen and oxygen atoms in total. The average Bonchev–Trinajstić information content (AvgIpc) is 3.41. The molecule has 0 spiro atoms. The molecule has 0 aromatic heterocycles. The van der Waals surface area contributed by atoms with Gasteiger partial charge in [-0.3, -0.25) is 9.69 Å². The van der Waals surface area contributed by atoms with E-state index in [-0.39, 0.29) is 24.1 Å². The van der Waals surface area contributed by atoms with Gasteiger partial charge in [0.2, 0.25) is 0 Å². The lowest BCUT2D eigenvalue weighted by atomic mass is 9.98. The van der Waals surface area contributed by atoms with Crippen molar-refractivity contribution in [3.05, 3.63) is 59.7 Å². The molecular weight excluding hydrogens is 392 g/mol. The van der Waals surface area contributed by atoms with Crippen LogP contribution in [0, 0.1) is 0 Å². The standard InChI is InChI=1S/C25H28N2O4/c28-24(29)23-10-5-13-27(23)17-11-14-26(15-12-17)25(30)31-16-22-20-8-3-1-6-18(20)19-7-2-4-9-21(19)22/h1-4,6-9,17,22-23H,5,10-16H2,(H,28,29). The van der Waals surface area contributed by atoms with Gasteiger partial charge in [0, 0.05) is 25.0 Å². The molecule has 5 rings (SSSR count). The monoisotopic (exact) mass is 420 g/mol. The normalized spacial score (nSPS) is 21.7. The van der Waals surface area contributed by atoms with E-state index in [1.165, 1.54) is 22.3 Å². The molecular formula is C25H28N2O4. The molecule has 0 bridgehead atoms. The van der Waals surface area contributed by atoms with E-state index in [1.807, 2.05) is 24.3 Å². The zero-order valence-corrected chi connectivity index (χ0v) is 17.6. The molecule has 6 heteroatoms. The zero-order chi connectivity index (χ0) is 21.4. The predicted molar refractivity (Wildman–Crippen MR) is 117 cm³/mol. The number of carboxylic acid groups (broad SMARTS) is 1. The van der Waals surface area contributed by atoms with Gasteiger partial charge in [-0.1, -0.05) is 48.5 Å². The lowest BCUT2D eigenvalue weighted by molar-refractivity contribution is -0.143. The van der Waals surface area contributed by atoms with Crippen molar-refractivity contribution in [2.75, 3.05) is 26.2 Å². The first-order valence-electron chi connectivity index (χ1n) is 11.2. The lowest BCUT2D eigenvalue weighted by Gasteiger charge is -2.38. The van der Waals surface area contributed by atoms with Gasteiger partial charge in [-0.15, -0.1) is 0 Å². The third kappa shape index (κ3) is 3.69. The Kier molecular flexibility index (Phi) is 5.40. The Balaban J connectivity index is 1.19. The second kappa shape index (κ2) is 8.35. The number of nitrogens with zero attached hydrogens (tertiary/aromatic N) is 2. The van der Waals surface area contributed by atoms with Gasteiger partial charge in [0.25, 0.3) is 0 Å². The lowest BCUT2D eigenvalue weighted by Crippen LogP contribution is -2.50. The number of benzene rings is 2. The fourth-order valence-electron chi connectivity index (χ4n) is 5.56. The number of ether oxygens (including phenoxy) is 1. The van der Waals surface area contributed by atoms with Gasteiger partial charge in [-0.2, -0.15) is 0 Å². The van der Waals surface area contributed by atoms with Crippen molar-refractivity contribution in [1.82, 2.24) is 9.80 Å². The number of rotatable bonds is 4. The SMILES string of the molecule is O=C(O)C1CCCN1C1CCN(C(=O)OCC2c3ccccc3-c3ccccc32)CC1. The number of hydrogen-bond acceptors (Lipinski definition) is 4. The number of likely N-dealkylation sites (tertiary alicyclic amines) is 2. The van der Waals surface area contributed by atoms with Crippen LogP contribution in [-0.4, -0.2) is 65.3 Å². The molecule has 0 saturated carbocycles. The van der Waals surface area contributed by atoms with E-state index in [0.29, 0.717) is 19.7 Å². The highest BCUT2D eigenvalue weighted by Crippen LogP contribution is 2.44. The van der Waals surface area contributed by atoms with Crippen LogP contribution in [0.15, 0.2) is 48.5 Å². The van der Waals surface area contributed by atoms with Crippen molar-refractivity contribution in [1.29, 1.82) is 0 Å². The van der Waals surface area contributed by atoms with E-state index in [1.54, 1.807) is 4.90 Å². The predicted octanol–water partition coefficient (Wildman–Crippen LogP) is 3.95. The minimum Gasteiger partial charge on any atom is -0.480 e. The maximum Gasteiger partial charge on any atom is 0.409 e. The van der Waals surface area contributed by atoms with Gasteiger partial charge in [-0.05, 0) is 54.5 Å². The fourth-order valence-corrected chi connectivity index (χ4v) is 5.56. The van der Waals surface area contributed by atoms with Gasteiger partial charge in [0.15, 0.2) is 0 Å². The Labute approximate surface area is 182 Å². The highest BCUT2D eigenvalue weighted by atomic mass is 16.6. The summed E-state index contributed by atoms with van der Waals surface area (Å²) in [6, 6.07) is 16.5. The zero-order valence-electron chi connectivity index (χ0n) is 17.6. The van der Waals surface area contributed by atoms with Crippen molar-refractivity contribution < 1.29 is 19.4 Å². The Hall–Kier alpha value is -2.86. The maximum atomic E-state index is 12.8. The number of carbonyl (C=O) groups excluding carboxylic acids is 1. The smallest absolute Gasteiger partial charge is 0.409 e. The molecule has 2 saturated heterocycles. The van der Waals surface area contributed by atoms with Gasteiger partial charge in [-0.25, -0.2) is 4.79 Å². The van der Waals surface area contributed by atoms with Gasteiger partial charge < -0.3 is 14.7 Å². The largest absolute Gasteiger partial charge is 0.480 e. The summed E-state index contributed by atoms with van der Waals surface area (Å²) in [4.78, 5) is 28.2. The number of fused-ring (bicyclic) bond motifs is 3. The summed E-state index contributed by atoms with van der Waals surface area (Å²) in [6.45, 7) is 2.40. The summed E-state index contributed by atoms with van der Waals surface area (Å²) in [7, 11) is 0. The molecule has 31 heavy (non-hydrogen) atoms. The minimum atomic E-state index is -0.725. The van der Waals surface area contributed by atoms with E-state index >= 15 is 0 Å². The van der Waals surface area contributed by atoms with Crippen LogP contribution in [0.5, 0.6) is 0 Å². The molecule has 2 fully saturated rings. The highest BCUT2D eigenvalue weighted by molar-refractivity contribution is 5.79. The summed E-state index contributed by atoms with van der Waals surface area (Å²) in [5, 5.41) is 9.44. The van der Waals surface area contributed by atoms with Gasteiger partial charge >= 0.3 is 12.1 Å². The highest BCUT2D eigenvalue weighted by Gasteiger charge is 2.37. The van der Waals surface area contributed by atoms with E-state index < -0.39 is 5.97 Å². The van der Waals surface area contributed by atoms with Crippen LogP contribution < -0.4 is 0 Å². The number of amides is 1. The van der Waals surface area contributed by atoms with Crippen molar-refractivity contribution in [3.8, 4) is 11.1 Å². The second-order valence-corrected chi connectivity index (χ2v) is 8.76. The maximum absolute atomic E-state index is 12.8. The number of aliphatic carboxylic acids is 1. The molecule has 2 heterocycles. The van der Waals surface area contributed by atoms with Crippen molar-refractivity contribution in [2.45, 2.75) is 43.7 Å². The van der Waals surface area contributed by atoms with Crippen LogP contribution in [-0.2, 0) is 9.53 Å².